The third-order valence-corrected chi connectivity index (χ3v) is 3.04. The molecule has 0 saturated heterocycles. The smallest absolute Gasteiger partial charge is 0.305 e. The van der Waals surface area contributed by atoms with Crippen molar-refractivity contribution in [2.24, 2.45) is 0 Å². The molecule has 0 fully saturated rings. The number of amides is 2. The van der Waals surface area contributed by atoms with E-state index in [9.17, 15) is 4.79 Å². The highest BCUT2D eigenvalue weighted by atomic mass is 16.2. The van der Waals surface area contributed by atoms with E-state index in [1.165, 1.54) is 5.56 Å². The molecule has 0 saturated carbocycles. The van der Waals surface area contributed by atoms with Gasteiger partial charge in [0.1, 0.15) is 0 Å². The number of nitrogens with zero attached hydrogens (tertiary/aromatic N) is 2. The van der Waals surface area contributed by atoms with E-state index in [4.69, 9.17) is 0 Å². The minimum Gasteiger partial charge on any atom is -0.305 e. The molecule has 0 spiro atoms. The molecule has 5 nitrogen and oxygen atoms in total. The summed E-state index contributed by atoms with van der Waals surface area (Å²) in [5.41, 5.74) is 5.83. The molecule has 1 aromatic carbocycles. The maximum atomic E-state index is 11.9. The molecule has 0 atom stereocenters. The van der Waals surface area contributed by atoms with Crippen molar-refractivity contribution in [2.75, 3.05) is 16.9 Å². The van der Waals surface area contributed by atoms with Crippen LogP contribution >= 0.6 is 0 Å². The molecule has 0 unspecified atom stereocenters. The zero-order chi connectivity index (χ0) is 13.1. The van der Waals surface area contributed by atoms with E-state index in [-0.39, 0.29) is 6.03 Å². The van der Waals surface area contributed by atoms with Gasteiger partial charge in [0.15, 0.2) is 0 Å². The number of carbonyl (C=O) groups excluding carboxylic acids is 1. The van der Waals surface area contributed by atoms with Gasteiger partial charge in [0.25, 0.3) is 0 Å². The number of anilines is 2. The largest absolute Gasteiger partial charge is 0.338 e. The second-order valence-corrected chi connectivity index (χ2v) is 4.34. The van der Waals surface area contributed by atoms with Gasteiger partial charge in [0.05, 0.1) is 17.6 Å². The first-order chi connectivity index (χ1) is 9.33. The van der Waals surface area contributed by atoms with Crippen LogP contribution in [0.2, 0.25) is 0 Å². The molecule has 19 heavy (non-hydrogen) atoms. The lowest BCUT2D eigenvalue weighted by Crippen LogP contribution is -2.43. The lowest BCUT2D eigenvalue weighted by molar-refractivity contribution is 0.251. The Bertz CT molecular complexity index is 585. The molecule has 3 rings (SSSR count). The Morgan fingerprint density at radius 3 is 2.95 bits per heavy atom. The van der Waals surface area contributed by atoms with Crippen molar-refractivity contribution in [2.45, 2.75) is 6.42 Å². The Balaban J connectivity index is 1.65. The number of nitrogens with one attached hydrogen (secondary N) is 2. The van der Waals surface area contributed by atoms with Crippen LogP contribution in [0.1, 0.15) is 5.56 Å². The molecule has 5 heteroatoms. The van der Waals surface area contributed by atoms with Crippen molar-refractivity contribution in [3.8, 4) is 0 Å². The number of urea groups is 1. The predicted molar refractivity (Wildman–Crippen MR) is 73.9 cm³/mol. The van der Waals surface area contributed by atoms with E-state index in [0.29, 0.717) is 5.69 Å². The maximum Gasteiger partial charge on any atom is 0.338 e. The number of carbonyl (C=O) groups is 1. The minimum absolute atomic E-state index is 0.260. The van der Waals surface area contributed by atoms with Crippen LogP contribution in [0.5, 0.6) is 0 Å². The second-order valence-electron chi connectivity index (χ2n) is 4.34. The van der Waals surface area contributed by atoms with Gasteiger partial charge in [-0.1, -0.05) is 18.2 Å². The molecule has 1 aliphatic heterocycles. The van der Waals surface area contributed by atoms with E-state index in [0.717, 1.165) is 18.7 Å². The van der Waals surface area contributed by atoms with Gasteiger partial charge in [-0.2, -0.15) is 0 Å². The van der Waals surface area contributed by atoms with Crippen molar-refractivity contribution in [3.05, 3.63) is 54.4 Å². The summed E-state index contributed by atoms with van der Waals surface area (Å²) in [5, 5.41) is 4.61. The summed E-state index contributed by atoms with van der Waals surface area (Å²) in [6, 6.07) is 11.4. The molecule has 0 aliphatic carbocycles. The molecular weight excluding hydrogens is 240 g/mol. The number of rotatable bonds is 2. The summed E-state index contributed by atoms with van der Waals surface area (Å²) >= 11 is 0. The Kier molecular flexibility index (Phi) is 3.02. The van der Waals surface area contributed by atoms with Crippen molar-refractivity contribution in [3.63, 3.8) is 0 Å². The van der Waals surface area contributed by atoms with Gasteiger partial charge in [0.2, 0.25) is 0 Å². The highest BCUT2D eigenvalue weighted by Crippen LogP contribution is 2.25. The average Bonchev–Trinajstić information content (AvgIpc) is 2.83. The molecule has 0 radical (unpaired) electrons. The first kappa shape index (κ1) is 11.5. The SMILES string of the molecule is O=C(Nc1cccnc1)NN1CCc2ccccc21. The zero-order valence-electron chi connectivity index (χ0n) is 10.3. The summed E-state index contributed by atoms with van der Waals surface area (Å²) in [7, 11) is 0. The first-order valence-electron chi connectivity index (χ1n) is 6.16. The third-order valence-electron chi connectivity index (χ3n) is 3.04. The summed E-state index contributed by atoms with van der Waals surface area (Å²) in [6.45, 7) is 0.791. The quantitative estimate of drug-likeness (QED) is 0.863. The fraction of sp³-hybridized carbons (Fsp3) is 0.143. The molecule has 1 aromatic heterocycles. The predicted octanol–water partition coefficient (Wildman–Crippen LogP) is 2.18. The Morgan fingerprint density at radius 1 is 1.21 bits per heavy atom. The Hall–Kier alpha value is -2.56. The number of benzene rings is 1. The van der Waals surface area contributed by atoms with E-state index in [2.05, 4.69) is 21.8 Å². The second kappa shape index (κ2) is 4.97. The van der Waals surface area contributed by atoms with Crippen molar-refractivity contribution >= 4 is 17.4 Å². The minimum atomic E-state index is -0.260. The van der Waals surface area contributed by atoms with Crippen LogP contribution in [-0.2, 0) is 6.42 Å². The van der Waals surface area contributed by atoms with Crippen LogP contribution in [0.4, 0.5) is 16.2 Å². The molecular formula is C14H14N4O. The number of aromatic nitrogens is 1. The van der Waals surface area contributed by atoms with Crippen molar-refractivity contribution in [1.29, 1.82) is 0 Å². The molecule has 1 aliphatic rings. The van der Waals surface area contributed by atoms with E-state index >= 15 is 0 Å². The van der Waals surface area contributed by atoms with Gasteiger partial charge in [0, 0.05) is 12.7 Å². The summed E-state index contributed by atoms with van der Waals surface area (Å²) in [6.07, 6.45) is 4.22. The standard InChI is InChI=1S/C14H14N4O/c19-14(16-12-5-3-8-15-10-12)17-18-9-7-11-4-1-2-6-13(11)18/h1-6,8,10H,7,9H2,(H2,16,17,19). The number of hydrogen-bond donors (Lipinski definition) is 2. The van der Waals surface area contributed by atoms with Gasteiger partial charge in [-0.05, 0) is 30.2 Å². The van der Waals surface area contributed by atoms with E-state index in [1.807, 2.05) is 23.2 Å². The number of hydrogen-bond acceptors (Lipinski definition) is 3. The zero-order valence-corrected chi connectivity index (χ0v) is 10.3. The van der Waals surface area contributed by atoms with Crippen molar-refractivity contribution in [1.82, 2.24) is 10.4 Å². The first-order valence-corrected chi connectivity index (χ1v) is 6.16. The monoisotopic (exact) mass is 254 g/mol. The van der Waals surface area contributed by atoms with Crippen LogP contribution < -0.4 is 15.8 Å². The summed E-state index contributed by atoms with van der Waals surface area (Å²) in [4.78, 5) is 15.8. The van der Waals surface area contributed by atoms with E-state index < -0.39 is 0 Å². The van der Waals surface area contributed by atoms with Gasteiger partial charge < -0.3 is 5.32 Å². The van der Waals surface area contributed by atoms with Crippen LogP contribution in [0, 0.1) is 0 Å². The Morgan fingerprint density at radius 2 is 2.11 bits per heavy atom. The molecule has 0 bridgehead atoms. The van der Waals surface area contributed by atoms with Crippen LogP contribution in [0.3, 0.4) is 0 Å². The number of pyridine rings is 1. The van der Waals surface area contributed by atoms with Crippen LogP contribution in [-0.4, -0.2) is 17.6 Å². The topological polar surface area (TPSA) is 57.3 Å². The highest BCUT2D eigenvalue weighted by Gasteiger charge is 2.19. The molecule has 2 aromatic rings. The number of para-hydroxylation sites is 1. The fourth-order valence-electron chi connectivity index (χ4n) is 2.17. The third kappa shape index (κ3) is 2.49. The summed E-state index contributed by atoms with van der Waals surface area (Å²) < 4.78 is 0. The molecule has 2 N–H and O–H groups in total. The van der Waals surface area contributed by atoms with Gasteiger partial charge in [-0.15, -0.1) is 0 Å². The lowest BCUT2D eigenvalue weighted by Gasteiger charge is -2.20. The van der Waals surface area contributed by atoms with Crippen LogP contribution in [0.25, 0.3) is 0 Å². The molecule has 2 amide bonds. The van der Waals surface area contributed by atoms with Gasteiger partial charge in [-0.25, -0.2) is 10.2 Å². The molecule has 2 heterocycles. The van der Waals surface area contributed by atoms with Gasteiger partial charge >= 0.3 is 6.03 Å². The van der Waals surface area contributed by atoms with E-state index in [1.54, 1.807) is 24.5 Å². The Labute approximate surface area is 111 Å². The number of fused-ring (bicyclic) bond motifs is 1. The van der Waals surface area contributed by atoms with Gasteiger partial charge in [-0.3, -0.25) is 9.99 Å². The van der Waals surface area contributed by atoms with Crippen LogP contribution in [0.15, 0.2) is 48.8 Å². The highest BCUT2D eigenvalue weighted by molar-refractivity contribution is 5.90. The molecule has 96 valence electrons. The average molecular weight is 254 g/mol. The fourth-order valence-corrected chi connectivity index (χ4v) is 2.17. The lowest BCUT2D eigenvalue weighted by atomic mass is 10.2. The van der Waals surface area contributed by atoms with Crippen molar-refractivity contribution < 1.29 is 4.79 Å². The number of hydrazine groups is 1. The maximum absolute atomic E-state index is 11.9. The summed E-state index contributed by atoms with van der Waals surface area (Å²) in [5.74, 6) is 0. The normalized spacial score (nSPS) is 12.9.